The van der Waals surface area contributed by atoms with Gasteiger partial charge in [-0.3, -0.25) is 14.4 Å². The van der Waals surface area contributed by atoms with Crippen molar-refractivity contribution in [3.8, 4) is 0 Å². The van der Waals surface area contributed by atoms with E-state index in [0.29, 0.717) is 31.1 Å². The van der Waals surface area contributed by atoms with E-state index in [0.717, 1.165) is 37.5 Å². The quantitative estimate of drug-likeness (QED) is 0.716. The summed E-state index contributed by atoms with van der Waals surface area (Å²) in [6.07, 6.45) is 3.52. The number of carbonyl (C=O) groups is 3. The van der Waals surface area contributed by atoms with Gasteiger partial charge >= 0.3 is 5.97 Å². The van der Waals surface area contributed by atoms with Crippen molar-refractivity contribution in [3.05, 3.63) is 29.8 Å². The monoisotopic (exact) mass is 420 g/mol. The van der Waals surface area contributed by atoms with E-state index < -0.39 is 35.0 Å². The minimum atomic E-state index is -1.16. The van der Waals surface area contributed by atoms with Crippen molar-refractivity contribution in [1.82, 2.24) is 5.32 Å². The van der Waals surface area contributed by atoms with E-state index in [1.807, 2.05) is 0 Å². The van der Waals surface area contributed by atoms with Crippen LogP contribution in [0.25, 0.3) is 0 Å². The number of hydrogen-bond acceptors (Lipinski definition) is 4. The predicted molar refractivity (Wildman–Crippen MR) is 104 cm³/mol. The Kier molecular flexibility index (Phi) is 5.06. The summed E-state index contributed by atoms with van der Waals surface area (Å²) in [7, 11) is 0. The third kappa shape index (κ3) is 3.79. The van der Waals surface area contributed by atoms with Crippen LogP contribution in [0.3, 0.4) is 0 Å². The number of benzene rings is 1. The van der Waals surface area contributed by atoms with Gasteiger partial charge < -0.3 is 15.4 Å². The van der Waals surface area contributed by atoms with Crippen molar-refractivity contribution >= 4 is 23.5 Å². The fraction of sp³-hybridized carbons (Fsp3) is 0.591. The maximum Gasteiger partial charge on any atom is 0.312 e. The van der Waals surface area contributed by atoms with E-state index in [1.165, 1.54) is 13.8 Å². The molecule has 0 heterocycles. The fourth-order valence-electron chi connectivity index (χ4n) is 6.19. The molecule has 0 saturated heterocycles. The largest absolute Gasteiger partial charge is 0.452 e. The lowest BCUT2D eigenvalue weighted by Gasteiger charge is -2.60. The molecule has 2 amide bonds. The van der Waals surface area contributed by atoms with Crippen LogP contribution < -0.4 is 10.6 Å². The molecule has 5 atom stereocenters. The van der Waals surface area contributed by atoms with Gasteiger partial charge in [0.15, 0.2) is 6.10 Å². The van der Waals surface area contributed by atoms with Crippen LogP contribution in [-0.2, 0) is 19.1 Å². The number of anilines is 1. The number of rotatable bonds is 5. The third-order valence-corrected chi connectivity index (χ3v) is 6.77. The summed E-state index contributed by atoms with van der Waals surface area (Å²) in [5.74, 6) is -2.06. The van der Waals surface area contributed by atoms with Gasteiger partial charge in [0.25, 0.3) is 5.91 Å². The van der Waals surface area contributed by atoms with Gasteiger partial charge in [0.1, 0.15) is 11.6 Å². The third-order valence-electron chi connectivity index (χ3n) is 6.77. The van der Waals surface area contributed by atoms with Crippen LogP contribution >= 0.6 is 0 Å². The first kappa shape index (κ1) is 20.8. The predicted octanol–water partition coefficient (Wildman–Crippen LogP) is 3.31. The summed E-state index contributed by atoms with van der Waals surface area (Å²) in [6.45, 7) is 2.90. The minimum absolute atomic E-state index is 0.106. The number of halogens is 2. The van der Waals surface area contributed by atoms with E-state index in [-0.39, 0.29) is 17.1 Å². The SMILES string of the molecule is CC(=O)NC12C[C@H]3C[C@@H](C1)CC(C(=O)O[C@@H](C)C(=O)Nc1cc(F)ccc1F)(C3)C2. The molecule has 162 valence electrons. The molecule has 1 aromatic carbocycles. The molecule has 2 N–H and O–H groups in total. The number of ether oxygens (including phenoxy) is 1. The van der Waals surface area contributed by atoms with E-state index in [2.05, 4.69) is 10.6 Å². The Balaban J connectivity index is 1.46. The highest BCUT2D eigenvalue weighted by atomic mass is 19.1. The Labute approximate surface area is 173 Å². The molecule has 6 nitrogen and oxygen atoms in total. The molecule has 4 aliphatic carbocycles. The molecule has 4 bridgehead atoms. The van der Waals surface area contributed by atoms with Crippen LogP contribution in [0.4, 0.5) is 14.5 Å². The van der Waals surface area contributed by atoms with Crippen LogP contribution in [-0.4, -0.2) is 29.4 Å². The molecule has 4 saturated carbocycles. The fourth-order valence-corrected chi connectivity index (χ4v) is 6.19. The van der Waals surface area contributed by atoms with Gasteiger partial charge in [-0.15, -0.1) is 0 Å². The number of hydrogen-bond donors (Lipinski definition) is 2. The van der Waals surface area contributed by atoms with E-state index in [9.17, 15) is 23.2 Å². The van der Waals surface area contributed by atoms with E-state index in [1.54, 1.807) is 0 Å². The molecule has 4 aliphatic rings. The Bertz CT molecular complexity index is 889. The summed E-state index contributed by atoms with van der Waals surface area (Å²) in [6, 6.07) is 2.74. The van der Waals surface area contributed by atoms with Gasteiger partial charge in [-0.1, -0.05) is 0 Å². The molecule has 4 fully saturated rings. The van der Waals surface area contributed by atoms with Crippen molar-refractivity contribution in [2.24, 2.45) is 17.3 Å². The van der Waals surface area contributed by atoms with Gasteiger partial charge in [0, 0.05) is 18.5 Å². The van der Waals surface area contributed by atoms with Crippen LogP contribution in [0, 0.1) is 28.9 Å². The average Bonchev–Trinajstić information content (AvgIpc) is 2.62. The van der Waals surface area contributed by atoms with Crippen molar-refractivity contribution < 1.29 is 27.9 Å². The molecule has 2 unspecified atom stereocenters. The van der Waals surface area contributed by atoms with Crippen LogP contribution in [0.15, 0.2) is 18.2 Å². The molecule has 0 aromatic heterocycles. The highest BCUT2D eigenvalue weighted by Gasteiger charge is 2.61. The van der Waals surface area contributed by atoms with E-state index >= 15 is 0 Å². The zero-order chi connectivity index (χ0) is 21.7. The molecular formula is C22H26F2N2O4. The molecule has 1 aromatic rings. The summed E-state index contributed by atoms with van der Waals surface area (Å²) in [5, 5.41) is 5.36. The van der Waals surface area contributed by atoms with Gasteiger partial charge in [-0.2, -0.15) is 0 Å². The molecule has 30 heavy (non-hydrogen) atoms. The molecule has 0 radical (unpaired) electrons. The molecule has 5 rings (SSSR count). The zero-order valence-corrected chi connectivity index (χ0v) is 17.1. The topological polar surface area (TPSA) is 84.5 Å². The maximum absolute atomic E-state index is 13.8. The molecule has 0 aliphatic heterocycles. The van der Waals surface area contributed by atoms with Crippen molar-refractivity contribution in [2.45, 2.75) is 64.0 Å². The molecule has 8 heteroatoms. The van der Waals surface area contributed by atoms with Gasteiger partial charge in [-0.25, -0.2) is 8.78 Å². The van der Waals surface area contributed by atoms with Gasteiger partial charge in [0.05, 0.1) is 11.1 Å². The van der Waals surface area contributed by atoms with Crippen LogP contribution in [0.2, 0.25) is 0 Å². The lowest BCUT2D eigenvalue weighted by molar-refractivity contribution is -0.181. The Morgan fingerprint density at radius 1 is 1.13 bits per heavy atom. The minimum Gasteiger partial charge on any atom is -0.452 e. The lowest BCUT2D eigenvalue weighted by atomic mass is 9.47. The number of carbonyl (C=O) groups excluding carboxylic acids is 3. The summed E-state index contributed by atoms with van der Waals surface area (Å²) in [5.41, 5.74) is -1.40. The number of amides is 2. The molecular weight excluding hydrogens is 394 g/mol. The maximum atomic E-state index is 13.8. The van der Waals surface area contributed by atoms with Gasteiger partial charge in [0.2, 0.25) is 5.91 Å². The van der Waals surface area contributed by atoms with Gasteiger partial charge in [-0.05, 0) is 69.4 Å². The zero-order valence-electron chi connectivity index (χ0n) is 17.1. The smallest absolute Gasteiger partial charge is 0.312 e. The standard InChI is InChI=1S/C22H26F2N2O4/c1-12(19(28)25-18-6-16(23)3-4-17(18)24)30-20(29)21-7-14-5-15(8-21)10-22(9-14,11-21)26-13(2)27/h3-4,6,12,14-15H,5,7-11H2,1-2H3,(H,25,28)(H,26,27)/t12-,14-,15+,21?,22?/m0/s1. The second kappa shape index (κ2) is 7.32. The second-order valence-corrected chi connectivity index (χ2v) is 9.36. The first-order chi connectivity index (χ1) is 14.1. The van der Waals surface area contributed by atoms with Crippen LogP contribution in [0.1, 0.15) is 52.4 Å². The normalized spacial score (nSPS) is 32.4. The Morgan fingerprint density at radius 3 is 2.43 bits per heavy atom. The Morgan fingerprint density at radius 2 is 1.80 bits per heavy atom. The molecule has 0 spiro atoms. The van der Waals surface area contributed by atoms with Crippen LogP contribution in [0.5, 0.6) is 0 Å². The van der Waals surface area contributed by atoms with E-state index in [4.69, 9.17) is 4.74 Å². The van der Waals surface area contributed by atoms with Crippen molar-refractivity contribution in [1.29, 1.82) is 0 Å². The summed E-state index contributed by atoms with van der Waals surface area (Å²) < 4.78 is 32.6. The highest BCUT2D eigenvalue weighted by Crippen LogP contribution is 2.62. The lowest BCUT2D eigenvalue weighted by Crippen LogP contribution is -2.65. The summed E-state index contributed by atoms with van der Waals surface area (Å²) >= 11 is 0. The first-order valence-electron chi connectivity index (χ1n) is 10.4. The first-order valence-corrected chi connectivity index (χ1v) is 10.4. The average molecular weight is 420 g/mol. The van der Waals surface area contributed by atoms with Crippen molar-refractivity contribution in [2.75, 3.05) is 5.32 Å². The van der Waals surface area contributed by atoms with Crippen molar-refractivity contribution in [3.63, 3.8) is 0 Å². The highest BCUT2D eigenvalue weighted by molar-refractivity contribution is 5.95. The summed E-state index contributed by atoms with van der Waals surface area (Å²) in [4.78, 5) is 37.3. The number of nitrogens with one attached hydrogen (secondary N) is 2. The second-order valence-electron chi connectivity index (χ2n) is 9.36. The Hall–Kier alpha value is -2.51. The number of esters is 1.